The van der Waals surface area contributed by atoms with E-state index in [-0.39, 0.29) is 0 Å². The lowest BCUT2D eigenvalue weighted by atomic mass is 10.3. The summed E-state index contributed by atoms with van der Waals surface area (Å²) in [5.74, 6) is -1.73. The van der Waals surface area contributed by atoms with E-state index in [0.29, 0.717) is 0 Å². The molecule has 1 aromatic rings. The molecule has 0 saturated carbocycles. The molecule has 0 radical (unpaired) electrons. The van der Waals surface area contributed by atoms with Crippen molar-refractivity contribution >= 4 is 5.97 Å². The summed E-state index contributed by atoms with van der Waals surface area (Å²) < 4.78 is 41.9. The minimum absolute atomic E-state index is 0.453. The highest BCUT2D eigenvalue weighted by Crippen LogP contribution is 2.10. The molecular formula is C9H10O3. The fraction of sp³-hybridized carbons (Fsp3) is 0.222. The number of carboxylic acids is 1. The van der Waals surface area contributed by atoms with Crippen molar-refractivity contribution in [2.24, 2.45) is 0 Å². The summed E-state index contributed by atoms with van der Waals surface area (Å²) in [5, 5.41) is 8.64. The first kappa shape index (κ1) is 3.94. The van der Waals surface area contributed by atoms with E-state index in [4.69, 9.17) is 16.7 Å². The molecule has 0 heterocycles. The van der Waals surface area contributed by atoms with Crippen molar-refractivity contribution in [3.63, 3.8) is 0 Å². The maximum atomic E-state index is 10.6. The van der Waals surface area contributed by atoms with Gasteiger partial charge in [0.25, 0.3) is 0 Å². The number of para-hydroxylation sites is 1. The van der Waals surface area contributed by atoms with Crippen molar-refractivity contribution in [1.82, 2.24) is 0 Å². The van der Waals surface area contributed by atoms with Crippen LogP contribution in [0.15, 0.2) is 30.2 Å². The Labute approximate surface area is 77.6 Å². The van der Waals surface area contributed by atoms with Crippen molar-refractivity contribution < 1.29 is 21.5 Å². The van der Waals surface area contributed by atoms with E-state index in [0.717, 1.165) is 0 Å². The lowest BCUT2D eigenvalue weighted by Crippen LogP contribution is -2.22. The van der Waals surface area contributed by atoms with Crippen LogP contribution < -0.4 is 4.74 Å². The standard InChI is InChI=1S/C9H10O3/c1-7(9(10)11)12-8-5-3-2-4-6-8/h2-7H,1H3,(H,10,11)/i2D,3D,4D,5D,6D. The summed E-state index contributed by atoms with van der Waals surface area (Å²) in [5.41, 5.74) is 0. The zero-order valence-electron chi connectivity index (χ0n) is 11.3. The molecule has 0 amide bonds. The van der Waals surface area contributed by atoms with E-state index < -0.39 is 48.0 Å². The van der Waals surface area contributed by atoms with Gasteiger partial charge in [-0.15, -0.1) is 0 Å². The molecule has 12 heavy (non-hydrogen) atoms. The summed E-state index contributed by atoms with van der Waals surface area (Å²) in [6.07, 6.45) is -1.29. The van der Waals surface area contributed by atoms with Gasteiger partial charge in [-0.2, -0.15) is 0 Å². The van der Waals surface area contributed by atoms with E-state index in [1.165, 1.54) is 6.92 Å². The van der Waals surface area contributed by atoms with Crippen LogP contribution >= 0.6 is 0 Å². The van der Waals surface area contributed by atoms with Gasteiger partial charge >= 0.3 is 5.97 Å². The summed E-state index contributed by atoms with van der Waals surface area (Å²) in [7, 11) is 0. The van der Waals surface area contributed by atoms with Gasteiger partial charge in [-0.25, -0.2) is 4.79 Å². The number of benzene rings is 1. The molecule has 1 unspecified atom stereocenters. The number of rotatable bonds is 3. The number of aliphatic carboxylic acids is 1. The summed E-state index contributed by atoms with van der Waals surface area (Å²) >= 11 is 0. The van der Waals surface area contributed by atoms with Gasteiger partial charge in [-0.05, 0) is 19.0 Å². The second kappa shape index (κ2) is 3.76. The van der Waals surface area contributed by atoms with E-state index in [2.05, 4.69) is 0 Å². The fourth-order valence-electron chi connectivity index (χ4n) is 0.525. The Bertz CT molecular complexity index is 445. The molecule has 0 fully saturated rings. The van der Waals surface area contributed by atoms with Crippen molar-refractivity contribution in [2.75, 3.05) is 0 Å². The SMILES string of the molecule is [2H]c1c([2H])c([2H])c(OC(C)C(=O)O)c([2H])c1[2H]. The number of hydrogen-bond acceptors (Lipinski definition) is 2. The zero-order chi connectivity index (χ0) is 13.3. The van der Waals surface area contributed by atoms with Crippen LogP contribution in [-0.2, 0) is 4.79 Å². The first-order valence-corrected chi connectivity index (χ1v) is 3.23. The third-order valence-electron chi connectivity index (χ3n) is 1.12. The first-order chi connectivity index (χ1) is 7.77. The van der Waals surface area contributed by atoms with Gasteiger partial charge in [0.2, 0.25) is 0 Å². The van der Waals surface area contributed by atoms with E-state index in [9.17, 15) is 4.79 Å². The van der Waals surface area contributed by atoms with Crippen LogP contribution in [0.25, 0.3) is 0 Å². The topological polar surface area (TPSA) is 46.5 Å². The maximum Gasteiger partial charge on any atom is 0.344 e. The number of carboxylic acid groups (broad SMARTS) is 1. The molecule has 0 aliphatic carbocycles. The van der Waals surface area contributed by atoms with Gasteiger partial charge < -0.3 is 9.84 Å². The molecule has 1 N–H and O–H groups in total. The first-order valence-electron chi connectivity index (χ1n) is 5.73. The highest BCUT2D eigenvalue weighted by Gasteiger charge is 2.11. The smallest absolute Gasteiger partial charge is 0.344 e. The molecule has 64 valence electrons. The third-order valence-corrected chi connectivity index (χ3v) is 1.12. The molecular weight excluding hydrogens is 156 g/mol. The Balaban J connectivity index is 3.30. The van der Waals surface area contributed by atoms with Crippen LogP contribution in [0.1, 0.15) is 13.8 Å². The Morgan fingerprint density at radius 2 is 2.17 bits per heavy atom. The van der Waals surface area contributed by atoms with Crippen LogP contribution in [0.2, 0.25) is 0 Å². The molecule has 0 aromatic heterocycles. The molecule has 0 aliphatic rings. The molecule has 0 saturated heterocycles. The molecule has 1 atom stereocenters. The lowest BCUT2D eigenvalue weighted by molar-refractivity contribution is -0.144. The van der Waals surface area contributed by atoms with Gasteiger partial charge in [0, 0.05) is 0 Å². The van der Waals surface area contributed by atoms with E-state index in [1.54, 1.807) is 0 Å². The number of hydrogen-bond donors (Lipinski definition) is 1. The average Bonchev–Trinajstić information content (AvgIpc) is 2.29. The van der Waals surface area contributed by atoms with E-state index in [1.807, 2.05) is 0 Å². The van der Waals surface area contributed by atoms with Crippen LogP contribution in [-0.4, -0.2) is 17.2 Å². The van der Waals surface area contributed by atoms with Crippen molar-refractivity contribution in [2.45, 2.75) is 13.0 Å². The molecule has 1 aromatic carbocycles. The Hall–Kier alpha value is -1.51. The molecule has 1 rings (SSSR count). The van der Waals surface area contributed by atoms with Gasteiger partial charge in [0.05, 0.1) is 6.85 Å². The summed E-state index contributed by atoms with van der Waals surface area (Å²) in [6.45, 7) is 1.21. The van der Waals surface area contributed by atoms with Crippen molar-refractivity contribution in [3.05, 3.63) is 30.2 Å². The molecule has 3 nitrogen and oxygen atoms in total. The molecule has 0 bridgehead atoms. The highest BCUT2D eigenvalue weighted by atomic mass is 16.5. The van der Waals surface area contributed by atoms with Crippen molar-refractivity contribution in [1.29, 1.82) is 0 Å². The molecule has 0 spiro atoms. The largest absolute Gasteiger partial charge is 0.479 e. The second-order valence-corrected chi connectivity index (χ2v) is 2.05. The van der Waals surface area contributed by atoms with Gasteiger partial charge in [-0.1, -0.05) is 18.1 Å². The Morgan fingerprint density at radius 1 is 1.58 bits per heavy atom. The maximum absolute atomic E-state index is 10.6. The van der Waals surface area contributed by atoms with Crippen LogP contribution in [0, 0.1) is 0 Å². The summed E-state index contributed by atoms with van der Waals surface area (Å²) in [4.78, 5) is 10.6. The Kier molecular flexibility index (Phi) is 1.23. The number of ether oxygens (including phenoxy) is 1. The van der Waals surface area contributed by atoms with Crippen LogP contribution in [0.5, 0.6) is 5.75 Å². The van der Waals surface area contributed by atoms with Crippen LogP contribution in [0.3, 0.4) is 0 Å². The quantitative estimate of drug-likeness (QED) is 0.750. The second-order valence-electron chi connectivity index (χ2n) is 2.05. The average molecular weight is 171 g/mol. The minimum atomic E-state index is -1.29. The van der Waals surface area contributed by atoms with Gasteiger partial charge in [-0.3, -0.25) is 0 Å². The predicted molar refractivity (Wildman–Crippen MR) is 44.2 cm³/mol. The zero-order valence-corrected chi connectivity index (χ0v) is 6.34. The Morgan fingerprint density at radius 3 is 2.67 bits per heavy atom. The summed E-state index contributed by atoms with van der Waals surface area (Å²) in [6, 6.07) is -2.76. The molecule has 3 heteroatoms. The van der Waals surface area contributed by atoms with Gasteiger partial charge in [0.15, 0.2) is 6.10 Å². The normalized spacial score (nSPS) is 17.9. The third kappa shape index (κ3) is 2.27. The van der Waals surface area contributed by atoms with Crippen molar-refractivity contribution in [3.8, 4) is 5.75 Å². The molecule has 0 aliphatic heterocycles. The van der Waals surface area contributed by atoms with Crippen LogP contribution in [0.4, 0.5) is 0 Å². The minimum Gasteiger partial charge on any atom is -0.479 e. The predicted octanol–water partition coefficient (Wildman–Crippen LogP) is 1.54. The van der Waals surface area contributed by atoms with E-state index >= 15 is 0 Å². The fourth-order valence-corrected chi connectivity index (χ4v) is 0.525. The highest BCUT2D eigenvalue weighted by molar-refractivity contribution is 5.72. The monoisotopic (exact) mass is 171 g/mol. The number of carbonyl (C=O) groups is 1. The lowest BCUT2D eigenvalue weighted by Gasteiger charge is -2.09. The van der Waals surface area contributed by atoms with Gasteiger partial charge in [0.1, 0.15) is 5.75 Å².